The first-order chi connectivity index (χ1) is 12.2. The Balaban J connectivity index is 1.80. The monoisotopic (exact) mass is 365 g/mol. The second kappa shape index (κ2) is 8.83. The van der Waals surface area contributed by atoms with Crippen molar-refractivity contribution in [2.45, 2.75) is 44.8 Å². The van der Waals surface area contributed by atoms with Gasteiger partial charge in [-0.05, 0) is 56.0 Å². The highest BCUT2D eigenvalue weighted by atomic mass is 32.1. The van der Waals surface area contributed by atoms with E-state index in [-0.39, 0.29) is 24.3 Å². The van der Waals surface area contributed by atoms with Crippen LogP contribution in [0.25, 0.3) is 0 Å². The summed E-state index contributed by atoms with van der Waals surface area (Å²) in [6, 6.07) is 4.11. The lowest BCUT2D eigenvalue weighted by Crippen LogP contribution is -2.39. The number of hydrogen-bond donors (Lipinski definition) is 2. The van der Waals surface area contributed by atoms with E-state index in [1.165, 1.54) is 17.7 Å². The van der Waals surface area contributed by atoms with E-state index >= 15 is 0 Å². The van der Waals surface area contributed by atoms with Crippen LogP contribution >= 0.6 is 11.3 Å². The maximum atomic E-state index is 12.5. The molecule has 5 nitrogen and oxygen atoms in total. The topological polar surface area (TPSA) is 67.8 Å². The van der Waals surface area contributed by atoms with Crippen LogP contribution in [0.15, 0.2) is 29.3 Å². The van der Waals surface area contributed by atoms with Crippen molar-refractivity contribution in [3.63, 3.8) is 0 Å². The number of carbonyl (C=O) groups excluding carboxylic acids is 1. The predicted octanol–water partition coefficient (Wildman–Crippen LogP) is 3.02. The van der Waals surface area contributed by atoms with E-state index in [4.69, 9.17) is 9.47 Å². The summed E-state index contributed by atoms with van der Waals surface area (Å²) in [5, 5.41) is 14.3. The van der Waals surface area contributed by atoms with Crippen molar-refractivity contribution in [3.8, 4) is 0 Å². The number of rotatable bonds is 9. The zero-order chi connectivity index (χ0) is 17.6. The molecule has 0 unspecified atom stereocenters. The second-order valence-corrected chi connectivity index (χ2v) is 7.68. The molecule has 1 amide bonds. The Labute approximate surface area is 153 Å². The van der Waals surface area contributed by atoms with Crippen molar-refractivity contribution in [3.05, 3.63) is 34.2 Å². The zero-order valence-corrected chi connectivity index (χ0v) is 15.5. The third-order valence-electron chi connectivity index (χ3n) is 4.76. The fourth-order valence-electron chi connectivity index (χ4n) is 3.22. The van der Waals surface area contributed by atoms with Crippen LogP contribution in [-0.4, -0.2) is 37.1 Å². The van der Waals surface area contributed by atoms with Gasteiger partial charge in [0.05, 0.1) is 0 Å². The van der Waals surface area contributed by atoms with Crippen molar-refractivity contribution in [2.24, 2.45) is 11.8 Å². The number of allylic oxidation sites excluding steroid dienone is 1. The highest BCUT2D eigenvalue weighted by Crippen LogP contribution is 2.41. The van der Waals surface area contributed by atoms with Gasteiger partial charge in [-0.15, -0.1) is 11.3 Å². The largest absolute Gasteiger partial charge is 0.459 e. The highest BCUT2D eigenvalue weighted by molar-refractivity contribution is 7.10. The molecule has 1 aliphatic heterocycles. The molecule has 2 heterocycles. The molecule has 25 heavy (non-hydrogen) atoms. The molecule has 1 aromatic heterocycles. The van der Waals surface area contributed by atoms with Gasteiger partial charge in [0.1, 0.15) is 0 Å². The second-order valence-electron chi connectivity index (χ2n) is 6.70. The van der Waals surface area contributed by atoms with Crippen molar-refractivity contribution in [2.75, 3.05) is 19.8 Å². The number of carbonyl (C=O) groups is 1. The van der Waals surface area contributed by atoms with Crippen LogP contribution in [0.1, 0.15) is 43.4 Å². The minimum Gasteiger partial charge on any atom is -0.459 e. The molecule has 3 rings (SSSR count). The van der Waals surface area contributed by atoms with Crippen LogP contribution in [0.2, 0.25) is 0 Å². The molecule has 2 aliphatic rings. The number of amides is 1. The Hall–Kier alpha value is -1.37. The Bertz CT molecular complexity index is 582. The molecule has 2 N–H and O–H groups in total. The summed E-state index contributed by atoms with van der Waals surface area (Å²) >= 11 is 1.68. The summed E-state index contributed by atoms with van der Waals surface area (Å²) in [5.74, 6) is 0.988. The highest BCUT2D eigenvalue weighted by Gasteiger charge is 2.38. The van der Waals surface area contributed by atoms with Gasteiger partial charge in [0.25, 0.3) is 5.91 Å². The van der Waals surface area contributed by atoms with Crippen LogP contribution < -0.4 is 5.32 Å². The third kappa shape index (κ3) is 4.84. The number of thiophene rings is 1. The van der Waals surface area contributed by atoms with E-state index in [2.05, 4.69) is 11.4 Å². The van der Waals surface area contributed by atoms with E-state index in [0.717, 1.165) is 13.0 Å². The molecule has 0 aromatic carbocycles. The van der Waals surface area contributed by atoms with Gasteiger partial charge in [-0.2, -0.15) is 0 Å². The van der Waals surface area contributed by atoms with Gasteiger partial charge in [-0.25, -0.2) is 0 Å². The minimum atomic E-state index is -0.463. The van der Waals surface area contributed by atoms with Gasteiger partial charge >= 0.3 is 0 Å². The van der Waals surface area contributed by atoms with Crippen molar-refractivity contribution in [1.82, 2.24) is 5.32 Å². The van der Waals surface area contributed by atoms with Gasteiger partial charge in [0, 0.05) is 36.5 Å². The lowest BCUT2D eigenvalue weighted by Gasteiger charge is -2.36. The van der Waals surface area contributed by atoms with Crippen molar-refractivity contribution in [1.29, 1.82) is 0 Å². The first-order valence-electron chi connectivity index (χ1n) is 9.15. The molecule has 3 atom stereocenters. The number of nitrogens with one attached hydrogen (secondary N) is 1. The number of ether oxygens (including phenoxy) is 2. The lowest BCUT2D eigenvalue weighted by molar-refractivity contribution is -0.166. The normalized spacial score (nSPS) is 26.0. The predicted molar refractivity (Wildman–Crippen MR) is 97.2 cm³/mol. The SMILES string of the molecule is CCO[C@H]1OC(C(=O)NCC2CC2)=C[C@@H](c2cccs2)[C@@H]1CCCO. The van der Waals surface area contributed by atoms with Gasteiger partial charge in [-0.1, -0.05) is 6.07 Å². The van der Waals surface area contributed by atoms with E-state index in [1.807, 2.05) is 24.4 Å². The average molecular weight is 365 g/mol. The van der Waals surface area contributed by atoms with E-state index in [9.17, 15) is 9.90 Å². The molecule has 1 fully saturated rings. The lowest BCUT2D eigenvalue weighted by atomic mass is 9.84. The Morgan fingerprint density at radius 1 is 1.48 bits per heavy atom. The first kappa shape index (κ1) is 18.4. The molecule has 6 heteroatoms. The van der Waals surface area contributed by atoms with Gasteiger partial charge in [-0.3, -0.25) is 4.79 Å². The van der Waals surface area contributed by atoms with Crippen molar-refractivity contribution < 1.29 is 19.4 Å². The Morgan fingerprint density at radius 2 is 2.32 bits per heavy atom. The molecular weight excluding hydrogens is 338 g/mol. The maximum Gasteiger partial charge on any atom is 0.286 e. The van der Waals surface area contributed by atoms with E-state index in [0.29, 0.717) is 24.7 Å². The fraction of sp³-hybridized carbons (Fsp3) is 0.632. The summed E-state index contributed by atoms with van der Waals surface area (Å²) in [6.45, 7) is 3.31. The van der Waals surface area contributed by atoms with Gasteiger partial charge in [0.2, 0.25) is 6.29 Å². The molecule has 1 saturated carbocycles. The first-order valence-corrected chi connectivity index (χ1v) is 10.0. The maximum absolute atomic E-state index is 12.5. The summed E-state index contributed by atoms with van der Waals surface area (Å²) in [5.41, 5.74) is 0. The summed E-state index contributed by atoms with van der Waals surface area (Å²) < 4.78 is 11.7. The van der Waals surface area contributed by atoms with Crippen LogP contribution in [0.4, 0.5) is 0 Å². The van der Waals surface area contributed by atoms with Crippen molar-refractivity contribution >= 4 is 17.2 Å². The fourth-order valence-corrected chi connectivity index (χ4v) is 4.09. The molecule has 0 bridgehead atoms. The molecule has 0 radical (unpaired) electrons. The van der Waals surface area contributed by atoms with Gasteiger partial charge in [0.15, 0.2) is 5.76 Å². The smallest absolute Gasteiger partial charge is 0.286 e. The Morgan fingerprint density at radius 3 is 2.96 bits per heavy atom. The van der Waals surface area contributed by atoms with Crippen LogP contribution in [-0.2, 0) is 14.3 Å². The van der Waals surface area contributed by atoms with E-state index < -0.39 is 6.29 Å². The summed E-state index contributed by atoms with van der Waals surface area (Å²) in [7, 11) is 0. The number of aliphatic hydroxyl groups excluding tert-OH is 1. The molecular formula is C19H27NO4S. The summed E-state index contributed by atoms with van der Waals surface area (Å²) in [6.07, 6.45) is 5.35. The standard InChI is InChI=1S/C19H27NO4S/c1-2-23-19-14(5-3-9-21)15(17-6-4-10-25-17)11-16(24-19)18(22)20-12-13-7-8-13/h4,6,10-11,13-15,19,21H,2-3,5,7-9,12H2,1H3,(H,20,22)/t14-,15+,19-/m0/s1. The number of aliphatic hydroxyl groups is 1. The molecule has 1 aliphatic carbocycles. The molecule has 138 valence electrons. The van der Waals surface area contributed by atoms with Crippen LogP contribution in [0.5, 0.6) is 0 Å². The molecule has 0 spiro atoms. The average Bonchev–Trinajstić information content (AvgIpc) is 3.29. The zero-order valence-electron chi connectivity index (χ0n) is 14.6. The number of hydrogen-bond acceptors (Lipinski definition) is 5. The third-order valence-corrected chi connectivity index (χ3v) is 5.73. The Kier molecular flexibility index (Phi) is 6.51. The van der Waals surface area contributed by atoms with Crippen LogP contribution in [0.3, 0.4) is 0 Å². The minimum absolute atomic E-state index is 0.0681. The van der Waals surface area contributed by atoms with Gasteiger partial charge < -0.3 is 19.9 Å². The summed E-state index contributed by atoms with van der Waals surface area (Å²) in [4.78, 5) is 13.7. The quantitative estimate of drug-likeness (QED) is 0.706. The van der Waals surface area contributed by atoms with E-state index in [1.54, 1.807) is 11.3 Å². The van der Waals surface area contributed by atoms with Crippen LogP contribution in [0, 0.1) is 11.8 Å². The molecule has 1 aromatic rings. The molecule has 0 saturated heterocycles.